The van der Waals surface area contributed by atoms with E-state index in [0.717, 1.165) is 4.88 Å². The summed E-state index contributed by atoms with van der Waals surface area (Å²) in [5, 5.41) is 2.01. The van der Waals surface area contributed by atoms with Gasteiger partial charge in [0.15, 0.2) is 0 Å². The van der Waals surface area contributed by atoms with Gasteiger partial charge in [-0.05, 0) is 31.4 Å². The molecule has 3 N–H and O–H groups in total. The van der Waals surface area contributed by atoms with Crippen molar-refractivity contribution in [2.45, 2.75) is 26.4 Å². The highest BCUT2D eigenvalue weighted by Crippen LogP contribution is 2.20. The van der Waals surface area contributed by atoms with Gasteiger partial charge in [0.25, 0.3) is 5.91 Å². The molecule has 5 nitrogen and oxygen atoms in total. The van der Waals surface area contributed by atoms with Crippen molar-refractivity contribution in [2.75, 3.05) is 5.43 Å². The molecule has 0 aliphatic carbocycles. The number of anilines is 1. The number of hydrazine groups is 1. The lowest BCUT2D eigenvalue weighted by Crippen LogP contribution is -2.36. The molecule has 2 heterocycles. The SMILES string of the molecule is CC(C)N(Cc1cccs1)C(=O)c1cnccc1NN. The average Bonchev–Trinajstić information content (AvgIpc) is 2.96. The number of nitrogen functional groups attached to an aromatic ring is 1. The number of amides is 1. The molecule has 0 saturated carbocycles. The third kappa shape index (κ3) is 3.15. The Morgan fingerprint density at radius 2 is 2.30 bits per heavy atom. The predicted molar refractivity (Wildman–Crippen MR) is 81.4 cm³/mol. The molecule has 0 aliphatic heterocycles. The summed E-state index contributed by atoms with van der Waals surface area (Å²) in [6.07, 6.45) is 3.15. The van der Waals surface area contributed by atoms with Gasteiger partial charge >= 0.3 is 0 Å². The van der Waals surface area contributed by atoms with Crippen LogP contribution < -0.4 is 11.3 Å². The van der Waals surface area contributed by atoms with Crippen LogP contribution in [0.1, 0.15) is 29.1 Å². The zero-order valence-electron chi connectivity index (χ0n) is 11.5. The van der Waals surface area contributed by atoms with Crippen LogP contribution in [0.2, 0.25) is 0 Å². The summed E-state index contributed by atoms with van der Waals surface area (Å²) in [7, 11) is 0. The quantitative estimate of drug-likeness (QED) is 0.655. The van der Waals surface area contributed by atoms with E-state index in [1.165, 1.54) is 0 Å². The largest absolute Gasteiger partial charge is 0.331 e. The Kier molecular flexibility index (Phi) is 4.70. The zero-order chi connectivity index (χ0) is 14.5. The van der Waals surface area contributed by atoms with Gasteiger partial charge in [0.05, 0.1) is 17.8 Å². The third-order valence-electron chi connectivity index (χ3n) is 3.00. The molecule has 0 bridgehead atoms. The topological polar surface area (TPSA) is 71.2 Å². The lowest BCUT2D eigenvalue weighted by Gasteiger charge is -2.27. The number of nitrogens with zero attached hydrogens (tertiary/aromatic N) is 2. The van der Waals surface area contributed by atoms with Gasteiger partial charge in [-0.25, -0.2) is 0 Å². The number of carbonyl (C=O) groups is 1. The molecule has 0 fully saturated rings. The number of aromatic nitrogens is 1. The molecular formula is C14H18N4OS. The van der Waals surface area contributed by atoms with E-state index in [1.54, 1.807) is 29.8 Å². The fraction of sp³-hybridized carbons (Fsp3) is 0.286. The summed E-state index contributed by atoms with van der Waals surface area (Å²) in [6, 6.07) is 5.80. The van der Waals surface area contributed by atoms with Crippen molar-refractivity contribution in [1.29, 1.82) is 0 Å². The molecule has 0 spiro atoms. The lowest BCUT2D eigenvalue weighted by atomic mass is 10.1. The van der Waals surface area contributed by atoms with Crippen molar-refractivity contribution in [1.82, 2.24) is 9.88 Å². The summed E-state index contributed by atoms with van der Waals surface area (Å²) in [5.41, 5.74) is 3.62. The molecule has 2 aromatic heterocycles. The third-order valence-corrected chi connectivity index (χ3v) is 3.86. The first-order valence-electron chi connectivity index (χ1n) is 6.37. The zero-order valence-corrected chi connectivity index (χ0v) is 12.4. The van der Waals surface area contributed by atoms with Crippen LogP contribution in [0.25, 0.3) is 0 Å². The Hall–Kier alpha value is -1.92. The molecule has 0 aromatic carbocycles. The minimum Gasteiger partial charge on any atom is -0.331 e. The van der Waals surface area contributed by atoms with Gasteiger partial charge in [0, 0.05) is 23.3 Å². The fourth-order valence-corrected chi connectivity index (χ4v) is 2.61. The number of hydrogen-bond donors (Lipinski definition) is 2. The molecule has 6 heteroatoms. The molecular weight excluding hydrogens is 272 g/mol. The number of pyridine rings is 1. The van der Waals surface area contributed by atoms with E-state index >= 15 is 0 Å². The molecule has 0 unspecified atom stereocenters. The van der Waals surface area contributed by atoms with Crippen molar-refractivity contribution in [3.63, 3.8) is 0 Å². The second-order valence-corrected chi connectivity index (χ2v) is 5.70. The van der Waals surface area contributed by atoms with Crippen molar-refractivity contribution in [3.05, 3.63) is 46.4 Å². The van der Waals surface area contributed by atoms with Gasteiger partial charge in [-0.15, -0.1) is 11.3 Å². The predicted octanol–water partition coefficient (Wildman–Crippen LogP) is 2.48. The molecule has 2 rings (SSSR count). The van der Waals surface area contributed by atoms with Gasteiger partial charge in [0.1, 0.15) is 0 Å². The second kappa shape index (κ2) is 6.49. The van der Waals surface area contributed by atoms with Crippen LogP contribution in [-0.4, -0.2) is 21.8 Å². The van der Waals surface area contributed by atoms with Crippen molar-refractivity contribution in [3.8, 4) is 0 Å². The molecule has 20 heavy (non-hydrogen) atoms. The maximum absolute atomic E-state index is 12.7. The van der Waals surface area contributed by atoms with Crippen molar-refractivity contribution < 1.29 is 4.79 Å². The maximum atomic E-state index is 12.7. The van der Waals surface area contributed by atoms with Crippen LogP contribution in [0.3, 0.4) is 0 Å². The summed E-state index contributed by atoms with van der Waals surface area (Å²) in [4.78, 5) is 19.7. The molecule has 2 aromatic rings. The Morgan fingerprint density at radius 3 is 2.90 bits per heavy atom. The highest BCUT2D eigenvalue weighted by molar-refractivity contribution is 7.09. The van der Waals surface area contributed by atoms with Crippen LogP contribution >= 0.6 is 11.3 Å². The van der Waals surface area contributed by atoms with Crippen LogP contribution in [-0.2, 0) is 6.54 Å². The van der Waals surface area contributed by atoms with Gasteiger partial charge in [-0.2, -0.15) is 0 Å². The van der Waals surface area contributed by atoms with E-state index in [-0.39, 0.29) is 11.9 Å². The van der Waals surface area contributed by atoms with E-state index in [0.29, 0.717) is 17.8 Å². The Morgan fingerprint density at radius 1 is 1.50 bits per heavy atom. The van der Waals surface area contributed by atoms with Crippen LogP contribution in [0.4, 0.5) is 5.69 Å². The van der Waals surface area contributed by atoms with Crippen molar-refractivity contribution >= 4 is 22.9 Å². The van der Waals surface area contributed by atoms with E-state index in [9.17, 15) is 4.79 Å². The molecule has 0 radical (unpaired) electrons. The summed E-state index contributed by atoms with van der Waals surface area (Å²) in [5.74, 6) is 5.38. The summed E-state index contributed by atoms with van der Waals surface area (Å²) in [6.45, 7) is 4.59. The Labute approximate surface area is 122 Å². The number of nitrogens with one attached hydrogen (secondary N) is 1. The molecule has 0 aliphatic rings. The molecule has 106 valence electrons. The first kappa shape index (κ1) is 14.5. The second-order valence-electron chi connectivity index (χ2n) is 4.67. The van der Waals surface area contributed by atoms with Gasteiger partial charge < -0.3 is 10.3 Å². The fourth-order valence-electron chi connectivity index (χ4n) is 1.90. The van der Waals surface area contributed by atoms with E-state index in [2.05, 4.69) is 10.4 Å². The highest BCUT2D eigenvalue weighted by Gasteiger charge is 2.22. The number of hydrogen-bond acceptors (Lipinski definition) is 5. The standard InChI is InChI=1S/C14H18N4OS/c1-10(2)18(9-11-4-3-7-20-11)14(19)12-8-16-6-5-13(12)17-15/h3-8,10H,9,15H2,1-2H3,(H,16,17). The number of carbonyl (C=O) groups excluding carboxylic acids is 1. The van der Waals surface area contributed by atoms with E-state index in [4.69, 9.17) is 5.84 Å². The van der Waals surface area contributed by atoms with Crippen LogP contribution in [0, 0.1) is 0 Å². The van der Waals surface area contributed by atoms with Crippen LogP contribution in [0.5, 0.6) is 0 Å². The maximum Gasteiger partial charge on any atom is 0.258 e. The Bertz CT molecular complexity index is 568. The van der Waals surface area contributed by atoms with E-state index < -0.39 is 0 Å². The summed E-state index contributed by atoms with van der Waals surface area (Å²) >= 11 is 1.64. The average molecular weight is 290 g/mol. The minimum atomic E-state index is -0.0746. The van der Waals surface area contributed by atoms with Crippen molar-refractivity contribution in [2.24, 2.45) is 5.84 Å². The molecule has 0 saturated heterocycles. The first-order valence-corrected chi connectivity index (χ1v) is 7.25. The lowest BCUT2D eigenvalue weighted by molar-refractivity contribution is 0.0693. The van der Waals surface area contributed by atoms with E-state index in [1.807, 2.05) is 36.3 Å². The normalized spacial score (nSPS) is 10.6. The molecule has 1 amide bonds. The van der Waals surface area contributed by atoms with Crippen LogP contribution in [0.15, 0.2) is 36.0 Å². The van der Waals surface area contributed by atoms with Gasteiger partial charge in [-0.3, -0.25) is 15.6 Å². The highest BCUT2D eigenvalue weighted by atomic mass is 32.1. The smallest absolute Gasteiger partial charge is 0.258 e. The van der Waals surface area contributed by atoms with Gasteiger partial charge in [-0.1, -0.05) is 6.07 Å². The summed E-state index contributed by atoms with van der Waals surface area (Å²) < 4.78 is 0. The molecule has 0 atom stereocenters. The first-order chi connectivity index (χ1) is 9.63. The minimum absolute atomic E-state index is 0.0746. The monoisotopic (exact) mass is 290 g/mol. The Balaban J connectivity index is 2.27. The number of thiophene rings is 1. The van der Waals surface area contributed by atoms with Gasteiger partial charge in [0.2, 0.25) is 0 Å². The number of nitrogens with two attached hydrogens (primary N) is 1. The number of rotatable bonds is 5.